The van der Waals surface area contributed by atoms with Crippen LogP contribution in [-0.4, -0.2) is 18.1 Å². The van der Waals surface area contributed by atoms with Gasteiger partial charge in [-0.3, -0.25) is 4.98 Å². The van der Waals surface area contributed by atoms with E-state index in [2.05, 4.69) is 32.3 Å². The minimum atomic E-state index is 0.844. The largest absolute Gasteiger partial charge is 0.316 e. The minimum Gasteiger partial charge on any atom is -0.316 e. The standard InChI is InChI=1S/C16H16BrClN2S/c17-12-2-3-13(20-9-12)10-21-16-14-6-8-19-7-5-11(14)1-4-15(16)18/h1-4,9,19H,5-8,10H2. The zero-order chi connectivity index (χ0) is 14.7. The number of rotatable bonds is 3. The maximum Gasteiger partial charge on any atom is 0.0544 e. The lowest BCUT2D eigenvalue weighted by Gasteiger charge is -2.13. The van der Waals surface area contributed by atoms with Crippen molar-refractivity contribution in [1.82, 2.24) is 10.3 Å². The van der Waals surface area contributed by atoms with Gasteiger partial charge in [-0.25, -0.2) is 0 Å². The number of pyridine rings is 1. The van der Waals surface area contributed by atoms with E-state index in [0.29, 0.717) is 0 Å². The van der Waals surface area contributed by atoms with Gasteiger partial charge in [0.25, 0.3) is 0 Å². The van der Waals surface area contributed by atoms with Crippen molar-refractivity contribution in [1.29, 1.82) is 0 Å². The molecule has 0 radical (unpaired) electrons. The molecule has 21 heavy (non-hydrogen) atoms. The number of halogens is 2. The third-order valence-electron chi connectivity index (χ3n) is 3.59. The number of hydrogen-bond acceptors (Lipinski definition) is 3. The summed E-state index contributed by atoms with van der Waals surface area (Å²) in [6.07, 6.45) is 3.97. The Morgan fingerprint density at radius 3 is 2.86 bits per heavy atom. The summed E-state index contributed by atoms with van der Waals surface area (Å²) in [4.78, 5) is 5.66. The van der Waals surface area contributed by atoms with E-state index < -0.39 is 0 Å². The van der Waals surface area contributed by atoms with Crippen LogP contribution in [0.1, 0.15) is 16.8 Å². The molecule has 5 heteroatoms. The summed E-state index contributed by atoms with van der Waals surface area (Å²) in [6, 6.07) is 8.28. The first-order valence-corrected chi connectivity index (χ1v) is 9.14. The van der Waals surface area contributed by atoms with Crippen LogP contribution in [0.25, 0.3) is 0 Å². The van der Waals surface area contributed by atoms with E-state index in [-0.39, 0.29) is 0 Å². The van der Waals surface area contributed by atoms with Crippen molar-refractivity contribution in [2.24, 2.45) is 0 Å². The third-order valence-corrected chi connectivity index (χ3v) is 5.68. The number of hydrogen-bond donors (Lipinski definition) is 1. The predicted octanol–water partition coefficient (Wildman–Crippen LogP) is 4.48. The highest BCUT2D eigenvalue weighted by Gasteiger charge is 2.15. The molecule has 1 aromatic heterocycles. The number of benzene rings is 1. The molecule has 2 aromatic rings. The maximum atomic E-state index is 6.44. The summed E-state index contributed by atoms with van der Waals surface area (Å²) in [5.41, 5.74) is 3.91. The second kappa shape index (κ2) is 7.14. The van der Waals surface area contributed by atoms with E-state index >= 15 is 0 Å². The van der Waals surface area contributed by atoms with Crippen molar-refractivity contribution in [3.8, 4) is 0 Å². The van der Waals surface area contributed by atoms with Gasteiger partial charge < -0.3 is 5.32 Å². The normalized spacial score (nSPS) is 14.6. The molecule has 1 aliphatic rings. The SMILES string of the molecule is Clc1ccc2c(c1SCc1ccc(Br)cn1)CCNCC2. The molecule has 1 N–H and O–H groups in total. The molecule has 0 aliphatic carbocycles. The first-order valence-electron chi connectivity index (χ1n) is 6.98. The molecule has 2 nitrogen and oxygen atoms in total. The monoisotopic (exact) mass is 382 g/mol. The topological polar surface area (TPSA) is 24.9 Å². The van der Waals surface area contributed by atoms with Crippen LogP contribution in [0.4, 0.5) is 0 Å². The smallest absolute Gasteiger partial charge is 0.0544 e. The van der Waals surface area contributed by atoms with Crippen LogP contribution in [-0.2, 0) is 18.6 Å². The molecule has 0 saturated heterocycles. The summed E-state index contributed by atoms with van der Waals surface area (Å²) < 4.78 is 1.01. The van der Waals surface area contributed by atoms with E-state index in [9.17, 15) is 0 Å². The Morgan fingerprint density at radius 1 is 1.19 bits per heavy atom. The lowest BCUT2D eigenvalue weighted by Crippen LogP contribution is -2.16. The highest BCUT2D eigenvalue weighted by molar-refractivity contribution is 9.10. The Labute approximate surface area is 142 Å². The zero-order valence-electron chi connectivity index (χ0n) is 11.5. The summed E-state index contributed by atoms with van der Waals surface area (Å²) in [6.45, 7) is 2.07. The van der Waals surface area contributed by atoms with Gasteiger partial charge in [0.2, 0.25) is 0 Å². The van der Waals surface area contributed by atoms with E-state index in [0.717, 1.165) is 46.9 Å². The Kier molecular flexibility index (Phi) is 5.22. The van der Waals surface area contributed by atoms with Crippen molar-refractivity contribution in [2.45, 2.75) is 23.5 Å². The predicted molar refractivity (Wildman–Crippen MR) is 93.2 cm³/mol. The Morgan fingerprint density at radius 2 is 2.05 bits per heavy atom. The van der Waals surface area contributed by atoms with Crippen LogP contribution in [0.5, 0.6) is 0 Å². The molecule has 2 heterocycles. The molecule has 0 fully saturated rings. The highest BCUT2D eigenvalue weighted by Crippen LogP contribution is 2.35. The van der Waals surface area contributed by atoms with Crippen LogP contribution < -0.4 is 5.32 Å². The highest BCUT2D eigenvalue weighted by atomic mass is 79.9. The van der Waals surface area contributed by atoms with Crippen molar-refractivity contribution >= 4 is 39.3 Å². The van der Waals surface area contributed by atoms with Crippen LogP contribution in [0.2, 0.25) is 5.02 Å². The lowest BCUT2D eigenvalue weighted by atomic mass is 10.0. The molecule has 1 aliphatic heterocycles. The van der Waals surface area contributed by atoms with Crippen LogP contribution >= 0.6 is 39.3 Å². The molecule has 0 saturated carbocycles. The molecule has 110 valence electrons. The van der Waals surface area contributed by atoms with Crippen LogP contribution in [0.15, 0.2) is 39.8 Å². The van der Waals surface area contributed by atoms with E-state index in [1.165, 1.54) is 16.0 Å². The molecule has 0 atom stereocenters. The summed E-state index contributed by atoms with van der Waals surface area (Å²) in [7, 11) is 0. The second-order valence-corrected chi connectivity index (χ2v) is 7.33. The van der Waals surface area contributed by atoms with Crippen LogP contribution in [0.3, 0.4) is 0 Å². The second-order valence-electron chi connectivity index (χ2n) is 5.02. The molecule has 0 spiro atoms. The fraction of sp³-hybridized carbons (Fsp3) is 0.312. The van der Waals surface area contributed by atoms with Gasteiger partial charge in [-0.2, -0.15) is 0 Å². The Bertz CT molecular complexity index is 631. The van der Waals surface area contributed by atoms with Crippen molar-refractivity contribution in [2.75, 3.05) is 13.1 Å². The molecule has 3 rings (SSSR count). The molecule has 0 bridgehead atoms. The van der Waals surface area contributed by atoms with Gasteiger partial charge in [0.05, 0.1) is 10.7 Å². The van der Waals surface area contributed by atoms with Gasteiger partial charge in [0, 0.05) is 21.3 Å². The average Bonchev–Trinajstić information content (AvgIpc) is 2.73. The molecule has 0 amide bonds. The zero-order valence-corrected chi connectivity index (χ0v) is 14.7. The summed E-state index contributed by atoms with van der Waals surface area (Å²) >= 11 is 11.6. The number of thioether (sulfide) groups is 1. The first kappa shape index (κ1) is 15.3. The summed E-state index contributed by atoms with van der Waals surface area (Å²) in [5.74, 6) is 0.844. The third kappa shape index (κ3) is 3.81. The average molecular weight is 384 g/mol. The molecular weight excluding hydrogens is 368 g/mol. The van der Waals surface area contributed by atoms with E-state index in [1.54, 1.807) is 11.8 Å². The van der Waals surface area contributed by atoms with E-state index in [4.69, 9.17) is 11.6 Å². The van der Waals surface area contributed by atoms with Gasteiger partial charge in [0.15, 0.2) is 0 Å². The number of fused-ring (bicyclic) bond motifs is 1. The molecule has 1 aromatic carbocycles. The van der Waals surface area contributed by atoms with Crippen molar-refractivity contribution in [3.63, 3.8) is 0 Å². The fourth-order valence-corrected chi connectivity index (χ4v) is 4.16. The van der Waals surface area contributed by atoms with Crippen molar-refractivity contribution in [3.05, 3.63) is 56.8 Å². The quantitative estimate of drug-likeness (QED) is 0.791. The fourth-order valence-electron chi connectivity index (χ4n) is 2.50. The molecule has 0 unspecified atom stereocenters. The van der Waals surface area contributed by atoms with Crippen molar-refractivity contribution < 1.29 is 0 Å². The minimum absolute atomic E-state index is 0.844. The van der Waals surface area contributed by atoms with E-state index in [1.807, 2.05) is 24.4 Å². The van der Waals surface area contributed by atoms with Gasteiger partial charge in [-0.1, -0.05) is 17.7 Å². The first-order chi connectivity index (χ1) is 10.2. The Hall–Kier alpha value is -0.550. The maximum absolute atomic E-state index is 6.44. The van der Waals surface area contributed by atoms with Gasteiger partial charge in [0.1, 0.15) is 0 Å². The van der Waals surface area contributed by atoms with Gasteiger partial charge >= 0.3 is 0 Å². The Balaban J connectivity index is 1.82. The number of nitrogens with zero attached hydrogens (tertiary/aromatic N) is 1. The summed E-state index contributed by atoms with van der Waals surface area (Å²) in [5, 5.41) is 4.31. The lowest BCUT2D eigenvalue weighted by molar-refractivity contribution is 0.709. The van der Waals surface area contributed by atoms with Crippen LogP contribution in [0, 0.1) is 0 Å². The van der Waals surface area contributed by atoms with Gasteiger partial charge in [-0.15, -0.1) is 11.8 Å². The number of aromatic nitrogens is 1. The molecular formula is C16H16BrClN2S. The van der Waals surface area contributed by atoms with Gasteiger partial charge in [-0.05, 0) is 71.2 Å². The number of nitrogens with one attached hydrogen (secondary N) is 1.